The minimum absolute atomic E-state index is 0.0385. The Bertz CT molecular complexity index is 662. The molecule has 1 heterocycles. The number of nitrogens with zero attached hydrogens (tertiary/aromatic N) is 1. The highest BCUT2D eigenvalue weighted by atomic mass is 19.4. The van der Waals surface area contributed by atoms with Gasteiger partial charge in [-0.25, -0.2) is 18.0 Å². The lowest BCUT2D eigenvalue weighted by molar-refractivity contribution is -0.192. The van der Waals surface area contributed by atoms with E-state index in [1.54, 1.807) is 6.92 Å². The van der Waals surface area contributed by atoms with Gasteiger partial charge in [0.15, 0.2) is 0 Å². The maximum atomic E-state index is 13.2. The zero-order chi connectivity index (χ0) is 20.9. The normalized spacial score (nSPS) is 19.1. The van der Waals surface area contributed by atoms with Crippen LogP contribution in [-0.2, 0) is 9.59 Å². The fraction of sp³-hybridized carbons (Fsp3) is 0.500. The number of aliphatic carboxylic acids is 1. The van der Waals surface area contributed by atoms with E-state index in [1.165, 1.54) is 4.90 Å². The number of carbonyl (C=O) groups excluding carboxylic acids is 1. The Morgan fingerprint density at radius 2 is 1.70 bits per heavy atom. The molecule has 0 unspecified atom stereocenters. The number of amides is 1. The Kier molecular flexibility index (Phi) is 7.64. The largest absolute Gasteiger partial charge is 0.490 e. The van der Waals surface area contributed by atoms with E-state index < -0.39 is 41.9 Å². The topological polar surface area (TPSA) is 83.6 Å². The van der Waals surface area contributed by atoms with Crippen molar-refractivity contribution in [2.45, 2.75) is 37.7 Å². The van der Waals surface area contributed by atoms with Crippen molar-refractivity contribution in [2.75, 3.05) is 13.1 Å². The molecular weight excluding hydrogens is 382 g/mol. The second-order valence-electron chi connectivity index (χ2n) is 5.99. The lowest BCUT2D eigenvalue weighted by Gasteiger charge is -2.25. The van der Waals surface area contributed by atoms with Crippen LogP contribution in [0.3, 0.4) is 0 Å². The molecule has 11 heteroatoms. The molecule has 0 aliphatic carbocycles. The highest BCUT2D eigenvalue weighted by Crippen LogP contribution is 2.23. The van der Waals surface area contributed by atoms with Crippen molar-refractivity contribution >= 4 is 11.9 Å². The fourth-order valence-corrected chi connectivity index (χ4v) is 2.39. The smallest absolute Gasteiger partial charge is 0.475 e. The Morgan fingerprint density at radius 1 is 1.22 bits per heavy atom. The zero-order valence-electron chi connectivity index (χ0n) is 14.1. The molecule has 2 rings (SSSR count). The third-order valence-electron chi connectivity index (χ3n) is 3.92. The molecule has 1 aliphatic rings. The minimum Gasteiger partial charge on any atom is -0.475 e. The number of hydrogen-bond acceptors (Lipinski definition) is 3. The van der Waals surface area contributed by atoms with Crippen molar-refractivity contribution < 1.29 is 41.0 Å². The maximum Gasteiger partial charge on any atom is 0.490 e. The summed E-state index contributed by atoms with van der Waals surface area (Å²) >= 11 is 0. The molecule has 3 N–H and O–H groups in total. The molecule has 27 heavy (non-hydrogen) atoms. The van der Waals surface area contributed by atoms with E-state index in [1.807, 2.05) is 0 Å². The van der Waals surface area contributed by atoms with E-state index in [9.17, 15) is 31.1 Å². The predicted molar refractivity (Wildman–Crippen MR) is 82.5 cm³/mol. The van der Waals surface area contributed by atoms with Crippen LogP contribution in [0.15, 0.2) is 18.2 Å². The van der Waals surface area contributed by atoms with Gasteiger partial charge in [0.2, 0.25) is 5.91 Å². The van der Waals surface area contributed by atoms with Crippen LogP contribution in [0.1, 0.15) is 24.8 Å². The first-order chi connectivity index (χ1) is 12.3. The standard InChI is InChI=1S/C14H17F3N2O.C2HF3O2/c1-8(9-4-11(16)6-12(17)5-9)13(18)14(20)19-3-2-10(15)7-19;3-2(4,5)1(6)7/h4-6,8,10,13H,2-3,7,18H2,1H3;(H,6,7)/t8-,10-,13-;/m0./s1. The van der Waals surface area contributed by atoms with Crippen molar-refractivity contribution in [3.8, 4) is 0 Å². The molecule has 5 nitrogen and oxygen atoms in total. The molecule has 0 bridgehead atoms. The van der Waals surface area contributed by atoms with Gasteiger partial charge in [-0.3, -0.25) is 4.79 Å². The molecule has 0 saturated carbocycles. The highest BCUT2D eigenvalue weighted by Gasteiger charge is 2.38. The third kappa shape index (κ3) is 6.74. The number of carboxylic acid groups (broad SMARTS) is 1. The second kappa shape index (κ2) is 9.07. The molecule has 0 spiro atoms. The van der Waals surface area contributed by atoms with Crippen molar-refractivity contribution in [2.24, 2.45) is 5.73 Å². The number of alkyl halides is 4. The molecule has 1 fully saturated rings. The van der Waals surface area contributed by atoms with Crippen LogP contribution in [0, 0.1) is 11.6 Å². The summed E-state index contributed by atoms with van der Waals surface area (Å²) < 4.78 is 71.2. The first-order valence-corrected chi connectivity index (χ1v) is 7.77. The molecule has 1 amide bonds. The van der Waals surface area contributed by atoms with E-state index in [0.717, 1.165) is 18.2 Å². The summed E-state index contributed by atoms with van der Waals surface area (Å²) in [5.41, 5.74) is 6.18. The average molecular weight is 400 g/mol. The Hall–Kier alpha value is -2.30. The van der Waals surface area contributed by atoms with Crippen molar-refractivity contribution in [1.29, 1.82) is 0 Å². The summed E-state index contributed by atoms with van der Waals surface area (Å²) in [6.45, 7) is 1.99. The van der Waals surface area contributed by atoms with Gasteiger partial charge in [0, 0.05) is 18.5 Å². The first-order valence-electron chi connectivity index (χ1n) is 7.77. The van der Waals surface area contributed by atoms with Crippen LogP contribution in [0.5, 0.6) is 0 Å². The SMILES string of the molecule is C[C@@H](c1cc(F)cc(F)c1)[C@H](N)C(=O)N1CC[C@H](F)C1.O=C(O)C(F)(F)F. The second-order valence-corrected chi connectivity index (χ2v) is 5.99. The van der Waals surface area contributed by atoms with E-state index in [-0.39, 0.29) is 12.5 Å². The molecule has 1 saturated heterocycles. The van der Waals surface area contributed by atoms with Crippen molar-refractivity contribution in [3.63, 3.8) is 0 Å². The molecule has 1 aromatic carbocycles. The molecule has 0 aromatic heterocycles. The number of rotatable bonds is 3. The lowest BCUT2D eigenvalue weighted by atomic mass is 9.93. The van der Waals surface area contributed by atoms with Gasteiger partial charge in [-0.2, -0.15) is 13.2 Å². The van der Waals surface area contributed by atoms with Gasteiger partial charge in [-0.05, 0) is 24.1 Å². The molecule has 1 aliphatic heterocycles. The molecule has 152 valence electrons. The van der Waals surface area contributed by atoms with Crippen molar-refractivity contribution in [1.82, 2.24) is 4.90 Å². The number of halogens is 6. The lowest BCUT2D eigenvalue weighted by Crippen LogP contribution is -2.45. The summed E-state index contributed by atoms with van der Waals surface area (Å²) in [7, 11) is 0. The van der Waals surface area contributed by atoms with Crippen LogP contribution in [-0.4, -0.2) is 53.4 Å². The molecule has 3 atom stereocenters. The number of carboxylic acids is 1. The summed E-state index contributed by atoms with van der Waals surface area (Å²) in [5.74, 6) is -5.12. The van der Waals surface area contributed by atoms with Crippen LogP contribution in [0.25, 0.3) is 0 Å². The van der Waals surface area contributed by atoms with E-state index in [2.05, 4.69) is 0 Å². The monoisotopic (exact) mass is 400 g/mol. The Morgan fingerprint density at radius 3 is 2.07 bits per heavy atom. The van der Waals surface area contributed by atoms with Gasteiger partial charge in [0.25, 0.3) is 0 Å². The van der Waals surface area contributed by atoms with Gasteiger partial charge in [0.05, 0.1) is 12.6 Å². The summed E-state index contributed by atoms with van der Waals surface area (Å²) in [4.78, 5) is 22.4. The van der Waals surface area contributed by atoms with E-state index in [0.29, 0.717) is 18.5 Å². The quantitative estimate of drug-likeness (QED) is 0.764. The van der Waals surface area contributed by atoms with Gasteiger partial charge in [-0.15, -0.1) is 0 Å². The zero-order valence-corrected chi connectivity index (χ0v) is 14.1. The van der Waals surface area contributed by atoms with E-state index in [4.69, 9.17) is 15.6 Å². The van der Waals surface area contributed by atoms with Gasteiger partial charge in [-0.1, -0.05) is 6.92 Å². The average Bonchev–Trinajstić information content (AvgIpc) is 2.98. The van der Waals surface area contributed by atoms with Gasteiger partial charge in [0.1, 0.15) is 17.8 Å². The summed E-state index contributed by atoms with van der Waals surface area (Å²) in [6.07, 6.45) is -5.80. The van der Waals surface area contributed by atoms with Gasteiger partial charge >= 0.3 is 12.1 Å². The van der Waals surface area contributed by atoms with Crippen molar-refractivity contribution in [3.05, 3.63) is 35.4 Å². The predicted octanol–water partition coefficient (Wildman–Crippen LogP) is 2.60. The number of carbonyl (C=O) groups is 2. The fourth-order valence-electron chi connectivity index (χ4n) is 2.39. The first kappa shape index (κ1) is 22.7. The number of nitrogens with two attached hydrogens (primary N) is 1. The van der Waals surface area contributed by atoms with Crippen LogP contribution < -0.4 is 5.73 Å². The summed E-state index contributed by atoms with van der Waals surface area (Å²) in [6, 6.07) is 2.13. The van der Waals surface area contributed by atoms with Crippen LogP contribution >= 0.6 is 0 Å². The molecular formula is C16H18F6N2O3. The number of benzene rings is 1. The van der Waals surface area contributed by atoms with Gasteiger partial charge < -0.3 is 15.7 Å². The number of likely N-dealkylation sites (tertiary alicyclic amines) is 1. The number of hydrogen-bond donors (Lipinski definition) is 2. The van der Waals surface area contributed by atoms with Crippen LogP contribution in [0.2, 0.25) is 0 Å². The molecule has 1 aromatic rings. The highest BCUT2D eigenvalue weighted by molar-refractivity contribution is 5.83. The van der Waals surface area contributed by atoms with E-state index >= 15 is 0 Å². The third-order valence-corrected chi connectivity index (χ3v) is 3.92. The molecule has 0 radical (unpaired) electrons. The Balaban J connectivity index is 0.000000445. The maximum absolute atomic E-state index is 13.2. The van der Waals surface area contributed by atoms with Crippen LogP contribution in [0.4, 0.5) is 26.3 Å². The Labute approximate surface area is 150 Å². The summed E-state index contributed by atoms with van der Waals surface area (Å²) in [5, 5.41) is 7.12. The minimum atomic E-state index is -5.08.